The number of rotatable bonds is 2. The maximum absolute atomic E-state index is 7.14. The Hall–Kier alpha value is -0.0951. The first-order valence-electron chi connectivity index (χ1n) is 0.752. The van der Waals surface area contributed by atoms with Gasteiger partial charge in [-0.15, -0.1) is 0 Å². The maximum Gasteiger partial charge on any atom is 0.342 e. The lowest BCUT2D eigenvalue weighted by Crippen LogP contribution is -1.85. The topological polar surface area (TPSA) is 47.9 Å². The minimum absolute atomic E-state index is 2.84. The Kier molecular flexibility index (Phi) is 3.83. The molecule has 0 saturated carbocycles. The summed E-state index contributed by atoms with van der Waals surface area (Å²) in [6, 6.07) is 0. The molecule has 5 heteroatoms. The third-order valence-corrected chi connectivity index (χ3v) is 0.0697. The average Bonchev–Trinajstić information content (AvgIpc) is 1.41. The minimum Gasteiger partial charge on any atom is -0.286 e. The Morgan fingerprint density at radius 2 is 2.20 bits per heavy atom. The van der Waals surface area contributed by atoms with Crippen molar-refractivity contribution < 1.29 is 20.1 Å². The Balaban J connectivity index is 2.19. The lowest BCUT2D eigenvalue weighted by atomic mass is 10.6. The van der Waals surface area contributed by atoms with E-state index >= 15 is 0 Å². The minimum atomic E-state index is 2.84. The first kappa shape index (κ1) is 4.90. The second-order valence-corrected chi connectivity index (χ2v) is 0.239. The highest BCUT2D eigenvalue weighted by molar-refractivity contribution is 5.97. The van der Waals surface area contributed by atoms with Crippen LogP contribution in [0.15, 0.2) is 0 Å². The van der Waals surface area contributed by atoms with E-state index in [1.165, 1.54) is 0 Å². The molecular weight excluding hydrogens is 74.8 g/mol. The molecule has 0 bridgehead atoms. The van der Waals surface area contributed by atoms with Crippen LogP contribution in [0.5, 0.6) is 0 Å². The lowest BCUT2D eigenvalue weighted by Gasteiger charge is -1.83. The summed E-state index contributed by atoms with van der Waals surface area (Å²) in [5.41, 5.74) is 0. The highest BCUT2D eigenvalue weighted by Gasteiger charge is 1.66. The summed E-state index contributed by atoms with van der Waals surface area (Å²) in [7, 11) is 4.13. The van der Waals surface area contributed by atoms with Crippen molar-refractivity contribution in [3.8, 4) is 0 Å². The van der Waals surface area contributed by atoms with Gasteiger partial charge < -0.3 is 0 Å². The van der Waals surface area contributed by atoms with Crippen molar-refractivity contribution in [2.24, 2.45) is 0 Å². The second kappa shape index (κ2) is 3.90. The van der Waals surface area contributed by atoms with E-state index in [-0.39, 0.29) is 0 Å². The standard InChI is InChI=1S/BHO4/c1-3-5-4-2/h2H. The van der Waals surface area contributed by atoms with Gasteiger partial charge in [-0.3, -0.25) is 4.81 Å². The Morgan fingerprint density at radius 1 is 1.60 bits per heavy atom. The van der Waals surface area contributed by atoms with E-state index in [1.54, 1.807) is 0 Å². The van der Waals surface area contributed by atoms with Gasteiger partial charge in [0.25, 0.3) is 0 Å². The van der Waals surface area contributed by atoms with Gasteiger partial charge in [-0.2, -0.15) is 0 Å². The fraction of sp³-hybridized carbons (Fsp3) is 0. The van der Waals surface area contributed by atoms with E-state index < -0.39 is 0 Å². The summed E-state index contributed by atoms with van der Waals surface area (Å²) in [6.07, 6.45) is 0. The monoisotopic (exact) mass is 76.0 g/mol. The third kappa shape index (κ3) is 3.90. The zero-order chi connectivity index (χ0) is 4.12. The SMILES string of the molecule is [B]OOOO. The molecule has 0 heterocycles. The molecule has 4 nitrogen and oxygen atoms in total. The first-order chi connectivity index (χ1) is 2.41. The summed E-state index contributed by atoms with van der Waals surface area (Å²) in [4.78, 5) is 3.22. The van der Waals surface area contributed by atoms with Gasteiger partial charge in [0.2, 0.25) is 0 Å². The lowest BCUT2D eigenvalue weighted by molar-refractivity contribution is -0.595. The van der Waals surface area contributed by atoms with Crippen LogP contribution in [0.3, 0.4) is 0 Å². The summed E-state index contributed by atoms with van der Waals surface area (Å²) in [5, 5.41) is 13.1. The summed E-state index contributed by atoms with van der Waals surface area (Å²) >= 11 is 0. The molecule has 0 saturated heterocycles. The Morgan fingerprint density at radius 3 is 2.20 bits per heavy atom. The highest BCUT2D eigenvalue weighted by Crippen LogP contribution is 1.63. The molecule has 0 aromatic heterocycles. The summed E-state index contributed by atoms with van der Waals surface area (Å²) in [5.74, 6) is 0. The van der Waals surface area contributed by atoms with Crippen LogP contribution in [0, 0.1) is 0 Å². The zero-order valence-electron chi connectivity index (χ0n) is 2.25. The molecule has 2 radical (unpaired) electrons. The van der Waals surface area contributed by atoms with Crippen molar-refractivity contribution in [3.05, 3.63) is 0 Å². The van der Waals surface area contributed by atoms with Crippen LogP contribution in [0.4, 0.5) is 0 Å². The van der Waals surface area contributed by atoms with Gasteiger partial charge in [0.1, 0.15) is 0 Å². The predicted molar refractivity (Wildman–Crippen MR) is 11.6 cm³/mol. The molecule has 0 spiro atoms. The third-order valence-electron chi connectivity index (χ3n) is 0.0697. The fourth-order valence-corrected chi connectivity index (χ4v) is 0.0176. The molecule has 0 unspecified atom stereocenters. The van der Waals surface area contributed by atoms with Crippen molar-refractivity contribution >= 4 is 8.05 Å². The van der Waals surface area contributed by atoms with Gasteiger partial charge in [0.15, 0.2) is 0 Å². The van der Waals surface area contributed by atoms with Gasteiger partial charge in [0.05, 0.1) is 0 Å². The van der Waals surface area contributed by atoms with Gasteiger partial charge in [-0.25, -0.2) is 5.26 Å². The Bertz CT molecular complexity index is 11.1. The molecule has 0 aliphatic carbocycles. The predicted octanol–water partition coefficient (Wildman–Crippen LogP) is -0.577. The molecule has 5 heavy (non-hydrogen) atoms. The molecule has 0 fully saturated rings. The summed E-state index contributed by atoms with van der Waals surface area (Å²) < 4.78 is 0. The first-order valence-corrected chi connectivity index (χ1v) is 0.752. The maximum atomic E-state index is 7.14. The van der Waals surface area contributed by atoms with E-state index in [2.05, 4.69) is 22.9 Å². The van der Waals surface area contributed by atoms with Gasteiger partial charge >= 0.3 is 8.05 Å². The average molecular weight is 75.8 g/mol. The quantitative estimate of drug-likeness (QED) is 0.271. The highest BCUT2D eigenvalue weighted by atomic mass is 17.6. The van der Waals surface area contributed by atoms with E-state index in [9.17, 15) is 0 Å². The molecular formula is HBO4. The molecule has 0 aliphatic heterocycles. The van der Waals surface area contributed by atoms with Crippen LogP contribution in [0.1, 0.15) is 0 Å². The van der Waals surface area contributed by atoms with E-state index in [1.807, 2.05) is 0 Å². The molecule has 0 rings (SSSR count). The van der Waals surface area contributed by atoms with Crippen molar-refractivity contribution in [1.29, 1.82) is 0 Å². The number of hydrogen-bond donors (Lipinski definition) is 1. The van der Waals surface area contributed by atoms with E-state index in [0.29, 0.717) is 0 Å². The molecule has 0 amide bonds. The molecule has 0 aliphatic rings. The molecule has 0 aromatic rings. The largest absolute Gasteiger partial charge is 0.342 e. The van der Waals surface area contributed by atoms with E-state index in [0.717, 1.165) is 0 Å². The normalized spacial score (nSPS) is 8.20. The van der Waals surface area contributed by atoms with Crippen LogP contribution in [0.25, 0.3) is 0 Å². The smallest absolute Gasteiger partial charge is 0.286 e. The fourth-order valence-electron chi connectivity index (χ4n) is 0.0176. The summed E-state index contributed by atoms with van der Waals surface area (Å²) in [6.45, 7) is 0. The van der Waals surface area contributed by atoms with E-state index in [4.69, 9.17) is 5.26 Å². The van der Waals surface area contributed by atoms with Crippen LogP contribution in [-0.4, -0.2) is 13.3 Å². The van der Waals surface area contributed by atoms with Crippen molar-refractivity contribution in [1.82, 2.24) is 0 Å². The van der Waals surface area contributed by atoms with Gasteiger partial charge in [-0.05, 0) is 5.04 Å². The van der Waals surface area contributed by atoms with Crippen LogP contribution in [0.2, 0.25) is 0 Å². The van der Waals surface area contributed by atoms with Crippen molar-refractivity contribution in [2.45, 2.75) is 0 Å². The molecule has 1 N–H and O–H groups in total. The molecule has 0 aromatic carbocycles. The Labute approximate surface area is 29.5 Å². The van der Waals surface area contributed by atoms with Crippen molar-refractivity contribution in [3.63, 3.8) is 0 Å². The van der Waals surface area contributed by atoms with Crippen LogP contribution < -0.4 is 0 Å². The molecule has 28 valence electrons. The van der Waals surface area contributed by atoms with Gasteiger partial charge in [0, 0.05) is 0 Å². The number of hydrogen-bond acceptors (Lipinski definition) is 4. The van der Waals surface area contributed by atoms with Crippen molar-refractivity contribution in [2.75, 3.05) is 0 Å². The zero-order valence-corrected chi connectivity index (χ0v) is 2.25. The van der Waals surface area contributed by atoms with Crippen LogP contribution in [-0.2, 0) is 14.9 Å². The molecule has 0 atom stereocenters. The van der Waals surface area contributed by atoms with Crippen LogP contribution >= 0.6 is 0 Å². The van der Waals surface area contributed by atoms with Gasteiger partial charge in [-0.1, -0.05) is 5.04 Å². The second-order valence-electron chi connectivity index (χ2n) is 0.239.